The van der Waals surface area contributed by atoms with Gasteiger partial charge in [0.25, 0.3) is 5.91 Å². The number of thiazole rings is 1. The summed E-state index contributed by atoms with van der Waals surface area (Å²) in [5.41, 5.74) is 2.79. The van der Waals surface area contributed by atoms with Gasteiger partial charge in [0.15, 0.2) is 15.9 Å². The van der Waals surface area contributed by atoms with Crippen LogP contribution in [-0.4, -0.2) is 37.6 Å². The number of aromatic nitrogens is 1. The van der Waals surface area contributed by atoms with Crippen LogP contribution < -0.4 is 5.32 Å². The van der Waals surface area contributed by atoms with Crippen molar-refractivity contribution in [3.05, 3.63) is 88.9 Å². The molecule has 4 aromatic rings. The molecule has 1 heterocycles. The lowest BCUT2D eigenvalue weighted by atomic mass is 10.1. The van der Waals surface area contributed by atoms with Crippen molar-refractivity contribution in [2.45, 2.75) is 24.3 Å². The molecule has 1 N–H and O–H groups in total. The smallest absolute Gasteiger partial charge is 0.338 e. The molecule has 0 aliphatic heterocycles. The molecule has 0 saturated carbocycles. The van der Waals surface area contributed by atoms with Crippen molar-refractivity contribution in [2.75, 3.05) is 11.6 Å². The van der Waals surface area contributed by atoms with Gasteiger partial charge in [-0.3, -0.25) is 4.79 Å². The standard InChI is InChI=1S/C25H22N2O5S2/c1-16(32-25(29)18-9-13-20(14-10-18)34(2,30)31)24(28)26-19-11-7-17(8-12-19)15-23-27-21-5-3-4-6-22(21)33-23/h3-14,16H,15H2,1-2H3,(H,26,28)/t16-/m1/s1. The Bertz CT molecular complexity index is 1410. The van der Waals surface area contributed by atoms with Crippen LogP contribution in [0.25, 0.3) is 10.2 Å². The van der Waals surface area contributed by atoms with E-state index in [1.165, 1.54) is 31.2 Å². The number of anilines is 1. The number of esters is 1. The van der Waals surface area contributed by atoms with E-state index in [-0.39, 0.29) is 10.5 Å². The predicted molar refractivity (Wildman–Crippen MR) is 132 cm³/mol. The lowest BCUT2D eigenvalue weighted by molar-refractivity contribution is -0.123. The SMILES string of the molecule is C[C@@H](OC(=O)c1ccc(S(C)(=O)=O)cc1)C(=O)Nc1ccc(Cc2nc3ccccc3s2)cc1. The molecule has 1 amide bonds. The van der Waals surface area contributed by atoms with Gasteiger partial charge in [-0.1, -0.05) is 24.3 Å². The number of hydrogen-bond donors (Lipinski definition) is 1. The molecule has 0 aliphatic rings. The third-order valence-corrected chi connectivity index (χ3v) is 7.25. The van der Waals surface area contributed by atoms with Gasteiger partial charge in [-0.05, 0) is 61.0 Å². The van der Waals surface area contributed by atoms with Crippen LogP contribution >= 0.6 is 11.3 Å². The molecular weight excluding hydrogens is 472 g/mol. The number of amides is 1. The first-order valence-electron chi connectivity index (χ1n) is 10.4. The number of hydrogen-bond acceptors (Lipinski definition) is 7. The zero-order chi connectivity index (χ0) is 24.3. The molecule has 1 atom stereocenters. The highest BCUT2D eigenvalue weighted by Gasteiger charge is 2.19. The number of ether oxygens (including phenoxy) is 1. The van der Waals surface area contributed by atoms with Gasteiger partial charge in [0, 0.05) is 18.4 Å². The van der Waals surface area contributed by atoms with Gasteiger partial charge >= 0.3 is 5.97 Å². The van der Waals surface area contributed by atoms with Gasteiger partial charge in [-0.15, -0.1) is 11.3 Å². The first-order valence-corrected chi connectivity index (χ1v) is 13.2. The lowest BCUT2D eigenvalue weighted by Gasteiger charge is -2.14. The Morgan fingerprint density at radius 3 is 2.32 bits per heavy atom. The summed E-state index contributed by atoms with van der Waals surface area (Å²) >= 11 is 1.66. The Kier molecular flexibility index (Phi) is 6.76. The molecule has 1 aromatic heterocycles. The van der Waals surface area contributed by atoms with Gasteiger partial charge in [0.05, 0.1) is 25.7 Å². The van der Waals surface area contributed by atoms with Gasteiger partial charge in [0.1, 0.15) is 0 Å². The predicted octanol–water partition coefficient (Wildman–Crippen LogP) is 4.47. The molecule has 0 unspecified atom stereocenters. The van der Waals surface area contributed by atoms with E-state index in [2.05, 4.69) is 10.3 Å². The average molecular weight is 495 g/mol. The fourth-order valence-corrected chi connectivity index (χ4v) is 4.87. The largest absolute Gasteiger partial charge is 0.449 e. The maximum Gasteiger partial charge on any atom is 0.338 e. The van der Waals surface area contributed by atoms with Crippen molar-refractivity contribution in [2.24, 2.45) is 0 Å². The number of nitrogens with one attached hydrogen (secondary N) is 1. The highest BCUT2D eigenvalue weighted by molar-refractivity contribution is 7.90. The molecule has 0 spiro atoms. The van der Waals surface area contributed by atoms with Gasteiger partial charge in [-0.25, -0.2) is 18.2 Å². The van der Waals surface area contributed by atoms with E-state index in [1.54, 1.807) is 23.5 Å². The molecule has 174 valence electrons. The molecule has 4 rings (SSSR count). The van der Waals surface area contributed by atoms with Crippen LogP contribution in [-0.2, 0) is 25.8 Å². The van der Waals surface area contributed by atoms with E-state index in [9.17, 15) is 18.0 Å². The average Bonchev–Trinajstić information content (AvgIpc) is 3.22. The van der Waals surface area contributed by atoms with E-state index in [4.69, 9.17) is 4.74 Å². The third-order valence-electron chi connectivity index (χ3n) is 5.09. The van der Waals surface area contributed by atoms with Crippen LogP contribution in [0.5, 0.6) is 0 Å². The summed E-state index contributed by atoms with van der Waals surface area (Å²) in [6, 6.07) is 20.8. The van der Waals surface area contributed by atoms with E-state index >= 15 is 0 Å². The van der Waals surface area contributed by atoms with Crippen molar-refractivity contribution in [1.82, 2.24) is 4.98 Å². The molecule has 0 saturated heterocycles. The summed E-state index contributed by atoms with van der Waals surface area (Å²) in [4.78, 5) is 29.5. The zero-order valence-electron chi connectivity index (χ0n) is 18.5. The van der Waals surface area contributed by atoms with E-state index < -0.39 is 27.8 Å². The van der Waals surface area contributed by atoms with Crippen LogP contribution in [0.1, 0.15) is 27.9 Å². The van der Waals surface area contributed by atoms with Gasteiger partial charge in [0.2, 0.25) is 0 Å². The van der Waals surface area contributed by atoms with Crippen molar-refractivity contribution in [3.63, 3.8) is 0 Å². The monoisotopic (exact) mass is 494 g/mol. The van der Waals surface area contributed by atoms with Crippen LogP contribution in [0, 0.1) is 0 Å². The molecule has 0 aliphatic carbocycles. The molecule has 3 aromatic carbocycles. The Hall–Kier alpha value is -3.56. The first kappa shape index (κ1) is 23.6. The topological polar surface area (TPSA) is 102 Å². The van der Waals surface area contributed by atoms with Gasteiger partial charge in [-0.2, -0.15) is 0 Å². The second kappa shape index (κ2) is 9.74. The van der Waals surface area contributed by atoms with Crippen LogP contribution in [0.4, 0.5) is 5.69 Å². The Morgan fingerprint density at radius 2 is 1.68 bits per heavy atom. The molecule has 0 radical (unpaired) electrons. The van der Waals surface area contributed by atoms with Crippen molar-refractivity contribution in [1.29, 1.82) is 0 Å². The molecule has 7 nitrogen and oxygen atoms in total. The number of benzene rings is 3. The van der Waals surface area contributed by atoms with E-state index in [1.807, 2.05) is 36.4 Å². The van der Waals surface area contributed by atoms with E-state index in [0.717, 1.165) is 27.0 Å². The number of carbonyl (C=O) groups is 2. The summed E-state index contributed by atoms with van der Waals surface area (Å²) in [5.74, 6) is -1.19. The highest BCUT2D eigenvalue weighted by Crippen LogP contribution is 2.24. The normalized spacial score (nSPS) is 12.3. The maximum atomic E-state index is 12.5. The van der Waals surface area contributed by atoms with Crippen molar-refractivity contribution < 1.29 is 22.7 Å². The summed E-state index contributed by atoms with van der Waals surface area (Å²) in [7, 11) is -3.36. The second-order valence-electron chi connectivity index (χ2n) is 7.78. The van der Waals surface area contributed by atoms with Gasteiger partial charge < -0.3 is 10.1 Å². The molecule has 9 heteroatoms. The number of sulfone groups is 1. The summed E-state index contributed by atoms with van der Waals surface area (Å²) in [5, 5.41) is 3.75. The number of carbonyl (C=O) groups excluding carboxylic acids is 2. The minimum Gasteiger partial charge on any atom is -0.449 e. The second-order valence-corrected chi connectivity index (χ2v) is 10.9. The molecule has 34 heavy (non-hydrogen) atoms. The van der Waals surface area contributed by atoms with Crippen molar-refractivity contribution in [3.8, 4) is 0 Å². The number of fused-ring (bicyclic) bond motifs is 1. The van der Waals surface area contributed by atoms with Crippen LogP contribution in [0.15, 0.2) is 77.7 Å². The lowest BCUT2D eigenvalue weighted by Crippen LogP contribution is -2.30. The Balaban J connectivity index is 1.33. The Labute approximate surface area is 201 Å². The minimum absolute atomic E-state index is 0.0985. The molecule has 0 bridgehead atoms. The van der Waals surface area contributed by atoms with Crippen molar-refractivity contribution >= 4 is 49.0 Å². The first-order chi connectivity index (χ1) is 16.2. The third kappa shape index (κ3) is 5.67. The number of nitrogens with zero attached hydrogens (tertiary/aromatic N) is 1. The quantitative estimate of drug-likeness (QED) is 0.380. The molecule has 0 fully saturated rings. The highest BCUT2D eigenvalue weighted by atomic mass is 32.2. The zero-order valence-corrected chi connectivity index (χ0v) is 20.2. The Morgan fingerprint density at radius 1 is 1.00 bits per heavy atom. The van der Waals surface area contributed by atoms with Crippen LogP contribution in [0.3, 0.4) is 0 Å². The van der Waals surface area contributed by atoms with Crippen LogP contribution in [0.2, 0.25) is 0 Å². The summed E-state index contributed by atoms with van der Waals surface area (Å²) in [6.07, 6.45) is 0.740. The number of rotatable bonds is 7. The fourth-order valence-electron chi connectivity index (χ4n) is 3.24. The fraction of sp³-hybridized carbons (Fsp3) is 0.160. The minimum atomic E-state index is -3.36. The molecular formula is C25H22N2O5S2. The summed E-state index contributed by atoms with van der Waals surface area (Å²) < 4.78 is 29.4. The maximum absolute atomic E-state index is 12.5. The van der Waals surface area contributed by atoms with E-state index in [0.29, 0.717) is 12.1 Å². The number of para-hydroxylation sites is 1. The summed E-state index contributed by atoms with van der Waals surface area (Å²) in [6.45, 7) is 1.47.